The van der Waals surface area contributed by atoms with E-state index in [-0.39, 0.29) is 25.2 Å². The van der Waals surface area contributed by atoms with Gasteiger partial charge in [0.15, 0.2) is 25.2 Å². The van der Waals surface area contributed by atoms with Gasteiger partial charge in [-0.1, -0.05) is 413 Å². The second-order valence-corrected chi connectivity index (χ2v) is 30.2. The Morgan fingerprint density at radius 2 is 0.340 bits per heavy atom. The van der Waals surface area contributed by atoms with E-state index < -0.39 is 0 Å². The first kappa shape index (κ1) is 96.2. The summed E-state index contributed by atoms with van der Waals surface area (Å²) in [5.41, 5.74) is 0. The molecule has 97 heavy (non-hydrogen) atoms. The molecule has 0 saturated carbocycles. The van der Waals surface area contributed by atoms with Crippen molar-refractivity contribution in [2.75, 3.05) is 39.6 Å². The van der Waals surface area contributed by atoms with Gasteiger partial charge in [0.2, 0.25) is 0 Å². The molecule has 0 N–H and O–H groups in total. The molecule has 0 aromatic rings. The quantitative estimate of drug-likeness (QED) is 0.0341. The third-order valence-electron chi connectivity index (χ3n) is 20.2. The third kappa shape index (κ3) is 80.7. The average Bonchev–Trinajstić information content (AvgIpc) is 3.81. The Morgan fingerprint density at radius 1 is 0.175 bits per heavy atom. The van der Waals surface area contributed by atoms with Crippen molar-refractivity contribution in [1.82, 2.24) is 0 Å². The van der Waals surface area contributed by atoms with E-state index in [0.717, 1.165) is 78.2 Å². The van der Waals surface area contributed by atoms with Crippen LogP contribution >= 0.6 is 0 Å². The predicted octanol–water partition coefficient (Wildman–Crippen LogP) is 30.9. The molecule has 0 aliphatic rings. The highest BCUT2D eigenvalue weighted by atomic mass is 16.8. The van der Waals surface area contributed by atoms with Crippen molar-refractivity contribution in [3.8, 4) is 0 Å². The maximum Gasteiger partial charge on any atom is 0.180 e. The highest BCUT2D eigenvalue weighted by Crippen LogP contribution is 2.21. The molecule has 2 atom stereocenters. The summed E-state index contributed by atoms with van der Waals surface area (Å²) in [5, 5.41) is 0. The summed E-state index contributed by atoms with van der Waals surface area (Å²) in [7, 11) is 0. The summed E-state index contributed by atoms with van der Waals surface area (Å²) < 4.78 is 45.4. The molecule has 7 nitrogen and oxygen atoms in total. The Kier molecular flexibility index (Phi) is 86.9. The van der Waals surface area contributed by atoms with Gasteiger partial charge in [-0.2, -0.15) is 0 Å². The molecule has 0 heterocycles. The van der Waals surface area contributed by atoms with Gasteiger partial charge in [-0.25, -0.2) is 0 Å². The van der Waals surface area contributed by atoms with Crippen molar-refractivity contribution in [2.45, 2.75) is 516 Å². The van der Waals surface area contributed by atoms with Crippen molar-refractivity contribution < 1.29 is 33.2 Å². The van der Waals surface area contributed by atoms with E-state index in [2.05, 4.69) is 65.8 Å². The van der Waals surface area contributed by atoms with Crippen LogP contribution in [0.25, 0.3) is 0 Å². The lowest BCUT2D eigenvalue weighted by Gasteiger charge is -2.22. The molecule has 0 spiro atoms. The number of ether oxygens (including phenoxy) is 7. The van der Waals surface area contributed by atoms with Crippen LogP contribution in [0.4, 0.5) is 0 Å². The summed E-state index contributed by atoms with van der Waals surface area (Å²) >= 11 is 0. The van der Waals surface area contributed by atoms with Crippen molar-refractivity contribution in [1.29, 1.82) is 0 Å². The van der Waals surface area contributed by atoms with Crippen LogP contribution in [0.15, 0.2) is 24.3 Å². The van der Waals surface area contributed by atoms with E-state index >= 15 is 0 Å². The minimum Gasteiger partial charge on any atom is -0.353 e. The standard InChI is InChI=1S/C90H178O7/c1-7-13-19-25-31-51-61-71-81-91-87(92-82-72-62-52-32-26-20-14-8-2)77-67-57-47-43-39-37-41-45-49-59-69-79-89(95-85-75-65-55-35-29-23-17-11-5)97-90(96-86-76-66-56-36-30-24-18-12-6)80-70-60-50-46-42-38-40-44-48-58-68-78-88(93-83-73-63-53-33-27-21-15-9-3)94-84-74-64-54-34-28-22-16-10-4/h69-70,79-80,87-90H,7-68,71-78,81-86H2,1-6H3. The minimum absolute atomic E-state index is 0.00960. The van der Waals surface area contributed by atoms with Crippen molar-refractivity contribution >= 4 is 0 Å². The van der Waals surface area contributed by atoms with Crippen LogP contribution in [0.1, 0.15) is 491 Å². The van der Waals surface area contributed by atoms with Crippen molar-refractivity contribution in [2.24, 2.45) is 0 Å². The largest absolute Gasteiger partial charge is 0.353 e. The monoisotopic (exact) mass is 1370 g/mol. The summed E-state index contributed by atoms with van der Waals surface area (Å²) in [6.07, 6.45) is 99.7. The molecule has 0 amide bonds. The van der Waals surface area contributed by atoms with Gasteiger partial charge >= 0.3 is 0 Å². The zero-order chi connectivity index (χ0) is 69.8. The lowest BCUT2D eigenvalue weighted by Crippen LogP contribution is -2.25. The van der Waals surface area contributed by atoms with Crippen molar-refractivity contribution in [3.05, 3.63) is 24.3 Å². The van der Waals surface area contributed by atoms with Gasteiger partial charge in [-0.3, -0.25) is 0 Å². The predicted molar refractivity (Wildman–Crippen MR) is 427 cm³/mol. The number of hydrogen-bond acceptors (Lipinski definition) is 7. The lowest BCUT2D eigenvalue weighted by molar-refractivity contribution is -0.208. The highest BCUT2D eigenvalue weighted by molar-refractivity contribution is 4.90. The number of allylic oxidation sites excluding steroid dienone is 2. The van der Waals surface area contributed by atoms with Crippen LogP contribution in [-0.4, -0.2) is 64.8 Å². The van der Waals surface area contributed by atoms with Crippen LogP contribution in [-0.2, 0) is 33.2 Å². The summed E-state index contributed by atoms with van der Waals surface area (Å²) in [4.78, 5) is 0. The first-order valence-electron chi connectivity index (χ1n) is 44.8. The molecular weight excluding hydrogens is 1190 g/mol. The van der Waals surface area contributed by atoms with Gasteiger partial charge in [-0.05, 0) is 102 Å². The van der Waals surface area contributed by atoms with E-state index in [1.165, 1.54) is 411 Å². The Bertz CT molecular complexity index is 1290. The Labute approximate surface area is 610 Å². The molecule has 2 unspecified atom stereocenters. The Morgan fingerprint density at radius 3 is 0.546 bits per heavy atom. The van der Waals surface area contributed by atoms with Crippen LogP contribution in [0.5, 0.6) is 0 Å². The molecule has 0 aromatic heterocycles. The molecule has 0 bridgehead atoms. The van der Waals surface area contributed by atoms with Crippen LogP contribution in [0.2, 0.25) is 0 Å². The van der Waals surface area contributed by atoms with Crippen LogP contribution in [0, 0.1) is 0 Å². The first-order valence-corrected chi connectivity index (χ1v) is 44.8. The van der Waals surface area contributed by atoms with E-state index in [0.29, 0.717) is 0 Å². The van der Waals surface area contributed by atoms with E-state index in [1.807, 2.05) is 0 Å². The third-order valence-corrected chi connectivity index (χ3v) is 20.2. The number of hydrogen-bond donors (Lipinski definition) is 0. The Hall–Kier alpha value is -0.800. The number of rotatable bonds is 88. The maximum absolute atomic E-state index is 6.75. The molecule has 0 radical (unpaired) electrons. The summed E-state index contributed by atoms with van der Waals surface area (Å²) in [5.74, 6) is 0. The topological polar surface area (TPSA) is 64.6 Å². The highest BCUT2D eigenvalue weighted by Gasteiger charge is 2.15. The molecular formula is C90H178O7. The molecule has 7 heteroatoms. The van der Waals surface area contributed by atoms with Gasteiger partial charge in [0.1, 0.15) is 0 Å². The molecule has 0 aliphatic carbocycles. The molecule has 0 aliphatic heterocycles. The van der Waals surface area contributed by atoms with Crippen molar-refractivity contribution in [3.63, 3.8) is 0 Å². The van der Waals surface area contributed by atoms with Crippen LogP contribution in [0.3, 0.4) is 0 Å². The summed E-state index contributed by atoms with van der Waals surface area (Å²) in [6, 6.07) is 0. The molecule has 0 rings (SSSR count). The zero-order valence-corrected chi connectivity index (χ0v) is 67.2. The first-order chi connectivity index (χ1) is 48.1. The fourth-order valence-electron chi connectivity index (χ4n) is 13.6. The number of unbranched alkanes of at least 4 members (excludes halogenated alkanes) is 60. The second-order valence-electron chi connectivity index (χ2n) is 30.2. The minimum atomic E-state index is -0.381. The SMILES string of the molecule is CCCCCCCCCCOC(C=CCCCCCCCCCCCC(OCCCCCCCCCC)OCCCCCCCCCC)OC(C=CCCCCCCCCCCCC(OCCCCCCCCCC)OCCCCCCCCCC)OCCCCCCCCCC. The van der Waals surface area contributed by atoms with E-state index in [9.17, 15) is 0 Å². The molecule has 580 valence electrons. The average molecular weight is 1370 g/mol. The Balaban J connectivity index is 5.11. The van der Waals surface area contributed by atoms with E-state index in [4.69, 9.17) is 33.2 Å². The van der Waals surface area contributed by atoms with Gasteiger partial charge in [0.05, 0.1) is 13.2 Å². The molecule has 0 saturated heterocycles. The fraction of sp³-hybridized carbons (Fsp3) is 0.956. The lowest BCUT2D eigenvalue weighted by atomic mass is 10.1. The second kappa shape index (κ2) is 87.6. The smallest absolute Gasteiger partial charge is 0.180 e. The van der Waals surface area contributed by atoms with Crippen LogP contribution < -0.4 is 0 Å². The maximum atomic E-state index is 6.75. The molecule has 0 fully saturated rings. The summed E-state index contributed by atoms with van der Waals surface area (Å²) in [6.45, 7) is 18.7. The van der Waals surface area contributed by atoms with Gasteiger partial charge in [-0.15, -0.1) is 0 Å². The van der Waals surface area contributed by atoms with E-state index in [1.54, 1.807) is 0 Å². The van der Waals surface area contributed by atoms with Gasteiger partial charge in [0.25, 0.3) is 0 Å². The van der Waals surface area contributed by atoms with Gasteiger partial charge < -0.3 is 33.2 Å². The molecule has 0 aromatic carbocycles. The fourth-order valence-corrected chi connectivity index (χ4v) is 13.6. The normalized spacial score (nSPS) is 12.8. The van der Waals surface area contributed by atoms with Gasteiger partial charge in [0, 0.05) is 26.4 Å². The zero-order valence-electron chi connectivity index (χ0n) is 67.2.